The normalized spacial score (nSPS) is 15.7. The molecule has 2 aromatic heterocycles. The van der Waals surface area contributed by atoms with Crippen molar-refractivity contribution in [3.8, 4) is 11.3 Å². The molecule has 6 rings (SSSR count). The van der Waals surface area contributed by atoms with Gasteiger partial charge in [0.2, 0.25) is 5.95 Å². The zero-order valence-electron chi connectivity index (χ0n) is 17.6. The SMILES string of the molecule is Clc1ccc2nc(N3N=C(c4ccco4)CC3c3ccccc3)nc(-c3ccccc3)c2c1. The number of benzene rings is 3. The number of rotatable bonds is 4. The molecule has 0 bridgehead atoms. The van der Waals surface area contributed by atoms with Gasteiger partial charge >= 0.3 is 0 Å². The molecule has 1 atom stereocenters. The van der Waals surface area contributed by atoms with Crippen molar-refractivity contribution in [3.05, 3.63) is 114 Å². The molecule has 1 aliphatic heterocycles. The molecule has 0 saturated heterocycles. The van der Waals surface area contributed by atoms with Gasteiger partial charge in [0.05, 0.1) is 23.5 Å². The Balaban J connectivity index is 1.55. The fraction of sp³-hybridized carbons (Fsp3) is 0.0741. The van der Waals surface area contributed by atoms with Gasteiger partial charge in [0.15, 0.2) is 0 Å². The second-order valence-electron chi connectivity index (χ2n) is 7.90. The van der Waals surface area contributed by atoms with E-state index in [0.29, 0.717) is 17.4 Å². The van der Waals surface area contributed by atoms with Gasteiger partial charge in [-0.3, -0.25) is 0 Å². The van der Waals surface area contributed by atoms with Gasteiger partial charge in [0, 0.05) is 22.4 Å². The maximum Gasteiger partial charge on any atom is 0.247 e. The van der Waals surface area contributed by atoms with E-state index in [2.05, 4.69) is 12.1 Å². The monoisotopic (exact) mass is 450 g/mol. The molecule has 0 fully saturated rings. The van der Waals surface area contributed by atoms with Crippen molar-refractivity contribution < 1.29 is 4.42 Å². The average Bonchev–Trinajstić information content (AvgIpc) is 3.55. The lowest BCUT2D eigenvalue weighted by atomic mass is 10.0. The van der Waals surface area contributed by atoms with E-state index in [1.165, 1.54) is 0 Å². The van der Waals surface area contributed by atoms with Gasteiger partial charge in [-0.05, 0) is 35.9 Å². The molecule has 6 heteroatoms. The third-order valence-electron chi connectivity index (χ3n) is 5.80. The van der Waals surface area contributed by atoms with E-state index in [1.807, 2.05) is 83.9 Å². The largest absolute Gasteiger partial charge is 0.463 e. The molecule has 3 heterocycles. The number of nitrogens with zero attached hydrogens (tertiary/aromatic N) is 4. The number of fused-ring (bicyclic) bond motifs is 1. The fourth-order valence-electron chi connectivity index (χ4n) is 4.23. The molecule has 3 aromatic carbocycles. The second-order valence-corrected chi connectivity index (χ2v) is 8.34. The highest BCUT2D eigenvalue weighted by Crippen LogP contribution is 2.37. The number of hydrazone groups is 1. The van der Waals surface area contributed by atoms with Crippen LogP contribution in [0.25, 0.3) is 22.2 Å². The number of aromatic nitrogens is 2. The third-order valence-corrected chi connectivity index (χ3v) is 6.03. The van der Waals surface area contributed by atoms with E-state index in [-0.39, 0.29) is 6.04 Å². The first-order chi connectivity index (χ1) is 16.3. The van der Waals surface area contributed by atoms with Crippen molar-refractivity contribution in [1.29, 1.82) is 0 Å². The molecule has 160 valence electrons. The van der Waals surface area contributed by atoms with Gasteiger partial charge in [0.1, 0.15) is 11.5 Å². The first-order valence-corrected chi connectivity index (χ1v) is 11.1. The summed E-state index contributed by atoms with van der Waals surface area (Å²) in [5, 5.41) is 8.39. The summed E-state index contributed by atoms with van der Waals surface area (Å²) in [7, 11) is 0. The highest BCUT2D eigenvalue weighted by Gasteiger charge is 2.33. The van der Waals surface area contributed by atoms with Crippen LogP contribution in [-0.2, 0) is 0 Å². The molecule has 0 saturated carbocycles. The minimum Gasteiger partial charge on any atom is -0.463 e. The smallest absolute Gasteiger partial charge is 0.247 e. The van der Waals surface area contributed by atoms with E-state index >= 15 is 0 Å². The summed E-state index contributed by atoms with van der Waals surface area (Å²) < 4.78 is 5.65. The zero-order valence-corrected chi connectivity index (χ0v) is 18.4. The lowest BCUT2D eigenvalue weighted by molar-refractivity contribution is 0.556. The summed E-state index contributed by atoms with van der Waals surface area (Å²) in [4.78, 5) is 9.90. The average molecular weight is 451 g/mol. The number of hydrogen-bond donors (Lipinski definition) is 0. The molecular weight excluding hydrogens is 432 g/mol. The van der Waals surface area contributed by atoms with Crippen LogP contribution in [0.3, 0.4) is 0 Å². The molecule has 0 aliphatic carbocycles. The van der Waals surface area contributed by atoms with Crippen LogP contribution >= 0.6 is 11.6 Å². The van der Waals surface area contributed by atoms with Crippen LogP contribution in [0.5, 0.6) is 0 Å². The van der Waals surface area contributed by atoms with Gasteiger partial charge in [-0.1, -0.05) is 72.3 Å². The summed E-state index contributed by atoms with van der Waals surface area (Å²) in [6, 6.07) is 29.9. The first-order valence-electron chi connectivity index (χ1n) is 10.7. The number of halogens is 1. The van der Waals surface area contributed by atoms with Crippen LogP contribution in [0.1, 0.15) is 23.8 Å². The lowest BCUT2D eigenvalue weighted by Crippen LogP contribution is -2.21. The Morgan fingerprint density at radius 1 is 0.848 bits per heavy atom. The molecule has 5 aromatic rings. The third kappa shape index (κ3) is 3.66. The molecule has 1 unspecified atom stereocenters. The van der Waals surface area contributed by atoms with E-state index in [1.54, 1.807) is 6.26 Å². The highest BCUT2D eigenvalue weighted by atomic mass is 35.5. The van der Waals surface area contributed by atoms with Gasteiger partial charge < -0.3 is 4.42 Å². The summed E-state index contributed by atoms with van der Waals surface area (Å²) in [6.07, 6.45) is 2.36. The van der Waals surface area contributed by atoms with Crippen LogP contribution in [-0.4, -0.2) is 15.7 Å². The molecule has 5 nitrogen and oxygen atoms in total. The van der Waals surface area contributed by atoms with Gasteiger partial charge in [-0.15, -0.1) is 0 Å². The highest BCUT2D eigenvalue weighted by molar-refractivity contribution is 6.31. The fourth-order valence-corrected chi connectivity index (χ4v) is 4.40. The minimum absolute atomic E-state index is 0.0420. The molecule has 0 radical (unpaired) electrons. The van der Waals surface area contributed by atoms with Crippen LogP contribution in [0.2, 0.25) is 5.02 Å². The van der Waals surface area contributed by atoms with Crippen molar-refractivity contribution in [3.63, 3.8) is 0 Å². The van der Waals surface area contributed by atoms with Gasteiger partial charge in [-0.2, -0.15) is 5.10 Å². The quantitative estimate of drug-likeness (QED) is 0.299. The summed E-state index contributed by atoms with van der Waals surface area (Å²) in [6.45, 7) is 0. The van der Waals surface area contributed by atoms with Crippen molar-refractivity contribution >= 4 is 34.2 Å². The maximum absolute atomic E-state index is 6.33. The van der Waals surface area contributed by atoms with Crippen LogP contribution in [0.15, 0.2) is 107 Å². The molecule has 1 aliphatic rings. The van der Waals surface area contributed by atoms with E-state index in [0.717, 1.165) is 39.2 Å². The minimum atomic E-state index is -0.0420. The molecule has 0 amide bonds. The van der Waals surface area contributed by atoms with Crippen molar-refractivity contribution in [1.82, 2.24) is 9.97 Å². The van der Waals surface area contributed by atoms with Gasteiger partial charge in [0.25, 0.3) is 0 Å². The molecule has 0 N–H and O–H groups in total. The standard InChI is InChI=1S/C27H19ClN4O/c28-20-13-14-22-21(16-20)26(19-10-5-2-6-11-19)30-27(29-22)32-24(18-8-3-1-4-9-18)17-23(31-32)25-12-7-15-33-25/h1-16,24H,17H2. The van der Waals surface area contributed by atoms with Crippen LogP contribution < -0.4 is 5.01 Å². The predicted octanol–water partition coefficient (Wildman–Crippen LogP) is 6.90. The van der Waals surface area contributed by atoms with Crippen LogP contribution in [0.4, 0.5) is 5.95 Å². The predicted molar refractivity (Wildman–Crippen MR) is 132 cm³/mol. The summed E-state index contributed by atoms with van der Waals surface area (Å²) in [5.74, 6) is 1.30. The number of anilines is 1. The topological polar surface area (TPSA) is 54.5 Å². The molecule has 0 spiro atoms. The van der Waals surface area contributed by atoms with E-state index in [4.69, 9.17) is 31.1 Å². The van der Waals surface area contributed by atoms with Gasteiger partial charge in [-0.25, -0.2) is 15.0 Å². The number of hydrogen-bond acceptors (Lipinski definition) is 5. The maximum atomic E-state index is 6.33. The Bertz CT molecular complexity index is 1450. The first kappa shape index (κ1) is 19.7. The Kier molecular flexibility index (Phi) is 4.89. The van der Waals surface area contributed by atoms with E-state index in [9.17, 15) is 0 Å². The Morgan fingerprint density at radius 2 is 1.64 bits per heavy atom. The van der Waals surface area contributed by atoms with Crippen molar-refractivity contribution in [2.75, 3.05) is 5.01 Å². The second kappa shape index (κ2) is 8.19. The summed E-state index contributed by atoms with van der Waals surface area (Å²) in [5.41, 5.74) is 4.65. The van der Waals surface area contributed by atoms with Crippen LogP contribution in [0, 0.1) is 0 Å². The molecule has 33 heavy (non-hydrogen) atoms. The Morgan fingerprint density at radius 3 is 2.39 bits per heavy atom. The summed E-state index contributed by atoms with van der Waals surface area (Å²) >= 11 is 6.33. The van der Waals surface area contributed by atoms with E-state index < -0.39 is 0 Å². The van der Waals surface area contributed by atoms with Crippen molar-refractivity contribution in [2.24, 2.45) is 5.10 Å². The van der Waals surface area contributed by atoms with Crippen molar-refractivity contribution in [2.45, 2.75) is 12.5 Å². The zero-order chi connectivity index (χ0) is 22.2. The number of furan rings is 1. The Hall–Kier alpha value is -3.96. The Labute approximate surface area is 196 Å². The lowest BCUT2D eigenvalue weighted by Gasteiger charge is -2.23. The molecular formula is C27H19ClN4O.